The van der Waals surface area contributed by atoms with Gasteiger partial charge in [-0.15, -0.1) is 0 Å². The SMILES string of the molecule is O=C(CO)N[C@H]1C(O)O[C@H](COP(=O)(O)O)[C@@H](O)[C@@H]1O. The average molecular weight is 317 g/mol. The van der Waals surface area contributed by atoms with Gasteiger partial charge in [0.05, 0.1) is 6.61 Å². The number of aliphatic hydroxyl groups excluding tert-OH is 4. The Balaban J connectivity index is 2.66. The van der Waals surface area contributed by atoms with Gasteiger partial charge in [-0.3, -0.25) is 9.32 Å². The van der Waals surface area contributed by atoms with E-state index < -0.39 is 57.6 Å². The Morgan fingerprint density at radius 2 is 1.85 bits per heavy atom. The minimum absolute atomic E-state index is 0.778. The second-order valence-electron chi connectivity index (χ2n) is 4.08. The van der Waals surface area contributed by atoms with Crippen molar-refractivity contribution in [1.82, 2.24) is 5.32 Å². The summed E-state index contributed by atoms with van der Waals surface area (Å²) >= 11 is 0. The summed E-state index contributed by atoms with van der Waals surface area (Å²) in [6.45, 7) is -1.67. The van der Waals surface area contributed by atoms with E-state index in [1.807, 2.05) is 5.32 Å². The third-order valence-electron chi connectivity index (χ3n) is 2.60. The van der Waals surface area contributed by atoms with Crippen molar-refractivity contribution in [2.24, 2.45) is 0 Å². The van der Waals surface area contributed by atoms with Crippen LogP contribution < -0.4 is 5.32 Å². The van der Waals surface area contributed by atoms with E-state index in [4.69, 9.17) is 19.6 Å². The van der Waals surface area contributed by atoms with Gasteiger partial charge in [-0.2, -0.15) is 0 Å². The molecule has 11 nitrogen and oxygen atoms in total. The van der Waals surface area contributed by atoms with Gasteiger partial charge in [0.2, 0.25) is 5.91 Å². The number of rotatable bonds is 5. The molecule has 1 aliphatic heterocycles. The molecule has 12 heteroatoms. The lowest BCUT2D eigenvalue weighted by molar-refractivity contribution is -0.253. The van der Waals surface area contributed by atoms with Gasteiger partial charge in [0.25, 0.3) is 0 Å². The molecule has 0 bridgehead atoms. The van der Waals surface area contributed by atoms with Gasteiger partial charge in [0, 0.05) is 0 Å². The molecular weight excluding hydrogens is 301 g/mol. The van der Waals surface area contributed by atoms with E-state index in [1.54, 1.807) is 0 Å². The van der Waals surface area contributed by atoms with Crippen LogP contribution in [0.1, 0.15) is 0 Å². The topological polar surface area (TPSA) is 186 Å². The number of nitrogens with one attached hydrogen (secondary N) is 1. The van der Waals surface area contributed by atoms with E-state index >= 15 is 0 Å². The highest BCUT2D eigenvalue weighted by molar-refractivity contribution is 7.46. The van der Waals surface area contributed by atoms with Crippen LogP contribution in [-0.4, -0.2) is 80.0 Å². The molecule has 118 valence electrons. The van der Waals surface area contributed by atoms with E-state index in [2.05, 4.69) is 4.52 Å². The zero-order chi connectivity index (χ0) is 15.5. The Labute approximate surface area is 113 Å². The van der Waals surface area contributed by atoms with Crippen LogP contribution in [0.2, 0.25) is 0 Å². The van der Waals surface area contributed by atoms with Gasteiger partial charge in [-0.25, -0.2) is 4.57 Å². The first kappa shape index (κ1) is 17.4. The van der Waals surface area contributed by atoms with Gasteiger partial charge in [-0.1, -0.05) is 0 Å². The summed E-state index contributed by atoms with van der Waals surface area (Å²) in [5.74, 6) is -0.909. The van der Waals surface area contributed by atoms with Crippen LogP contribution in [0.25, 0.3) is 0 Å². The third kappa shape index (κ3) is 4.74. The number of amides is 1. The molecule has 0 aromatic carbocycles. The van der Waals surface area contributed by atoms with E-state index in [1.165, 1.54) is 0 Å². The van der Waals surface area contributed by atoms with Gasteiger partial charge in [-0.05, 0) is 0 Å². The average Bonchev–Trinajstić information content (AvgIpc) is 2.36. The zero-order valence-electron chi connectivity index (χ0n) is 10.1. The van der Waals surface area contributed by atoms with Gasteiger partial charge in [0.15, 0.2) is 6.29 Å². The van der Waals surface area contributed by atoms with Crippen LogP contribution in [0.5, 0.6) is 0 Å². The molecule has 1 fully saturated rings. The van der Waals surface area contributed by atoms with Crippen molar-refractivity contribution in [1.29, 1.82) is 0 Å². The van der Waals surface area contributed by atoms with Crippen LogP contribution in [0.4, 0.5) is 0 Å². The van der Waals surface area contributed by atoms with Crippen LogP contribution in [0.15, 0.2) is 0 Å². The quantitative estimate of drug-likeness (QED) is 0.246. The van der Waals surface area contributed by atoms with Crippen molar-refractivity contribution in [2.45, 2.75) is 30.6 Å². The first-order valence-electron chi connectivity index (χ1n) is 5.45. The highest BCUT2D eigenvalue weighted by Crippen LogP contribution is 2.36. The maximum absolute atomic E-state index is 11.0. The smallest absolute Gasteiger partial charge is 0.388 e. The Kier molecular flexibility index (Phi) is 6.01. The normalized spacial score (nSPS) is 34.8. The molecule has 1 amide bonds. The molecule has 1 heterocycles. The molecule has 5 atom stereocenters. The van der Waals surface area contributed by atoms with Crippen LogP contribution >= 0.6 is 7.82 Å². The maximum atomic E-state index is 11.0. The molecule has 7 N–H and O–H groups in total. The molecular formula is C8H16NO10P. The molecule has 1 aliphatic rings. The molecule has 1 unspecified atom stereocenters. The van der Waals surface area contributed by atoms with Crippen molar-refractivity contribution in [3.05, 3.63) is 0 Å². The summed E-state index contributed by atoms with van der Waals surface area (Å²) in [6, 6.07) is -1.41. The molecule has 0 saturated carbocycles. The first-order chi connectivity index (χ1) is 9.15. The molecule has 0 spiro atoms. The molecule has 1 saturated heterocycles. The third-order valence-corrected chi connectivity index (χ3v) is 3.08. The maximum Gasteiger partial charge on any atom is 0.469 e. The van der Waals surface area contributed by atoms with Gasteiger partial charge in [0.1, 0.15) is 31.0 Å². The fraction of sp³-hybridized carbons (Fsp3) is 0.875. The number of hydrogen-bond donors (Lipinski definition) is 7. The van der Waals surface area contributed by atoms with Gasteiger partial charge < -0.3 is 40.3 Å². The summed E-state index contributed by atoms with van der Waals surface area (Å²) in [6.07, 6.45) is -6.52. The largest absolute Gasteiger partial charge is 0.469 e. The Morgan fingerprint density at radius 3 is 2.35 bits per heavy atom. The van der Waals surface area contributed by atoms with Crippen molar-refractivity contribution < 1.29 is 48.8 Å². The van der Waals surface area contributed by atoms with E-state index in [0.717, 1.165) is 0 Å². The van der Waals surface area contributed by atoms with E-state index in [0.29, 0.717) is 0 Å². The highest BCUT2D eigenvalue weighted by atomic mass is 31.2. The Hall–Kier alpha value is -0.620. The number of phosphoric ester groups is 1. The fourth-order valence-corrected chi connectivity index (χ4v) is 1.98. The summed E-state index contributed by atoms with van der Waals surface area (Å²) in [4.78, 5) is 28.0. The number of aliphatic hydroxyl groups is 4. The lowest BCUT2D eigenvalue weighted by Gasteiger charge is -2.40. The minimum Gasteiger partial charge on any atom is -0.388 e. The number of ether oxygens (including phenoxy) is 1. The predicted molar refractivity (Wildman–Crippen MR) is 59.9 cm³/mol. The molecule has 0 aromatic rings. The first-order valence-corrected chi connectivity index (χ1v) is 6.98. The van der Waals surface area contributed by atoms with Crippen molar-refractivity contribution in [3.63, 3.8) is 0 Å². The van der Waals surface area contributed by atoms with Crippen LogP contribution in [-0.2, 0) is 18.6 Å². The number of phosphoric acid groups is 1. The van der Waals surface area contributed by atoms with Gasteiger partial charge >= 0.3 is 7.82 Å². The molecule has 1 rings (SSSR count). The van der Waals surface area contributed by atoms with E-state index in [9.17, 15) is 24.7 Å². The summed E-state index contributed by atoms with van der Waals surface area (Å²) in [5, 5.41) is 39.5. The second-order valence-corrected chi connectivity index (χ2v) is 5.32. The predicted octanol–water partition coefficient (Wildman–Crippen LogP) is -3.99. The minimum atomic E-state index is -4.80. The van der Waals surface area contributed by atoms with Crippen molar-refractivity contribution in [2.75, 3.05) is 13.2 Å². The Morgan fingerprint density at radius 1 is 1.25 bits per heavy atom. The van der Waals surface area contributed by atoms with Crippen molar-refractivity contribution in [3.8, 4) is 0 Å². The number of carbonyl (C=O) groups is 1. The monoisotopic (exact) mass is 317 g/mol. The standard InChI is InChI=1S/C8H16NO10P/c10-1-4(11)9-5-7(13)6(12)3(19-8(5)14)2-18-20(15,16)17/h3,5-8,10,12-14H,1-2H2,(H,9,11)(H2,15,16,17)/t3-,5-,6-,7-,8?/m1/s1. The highest BCUT2D eigenvalue weighted by Gasteiger charge is 2.45. The molecule has 0 radical (unpaired) electrons. The van der Waals surface area contributed by atoms with Crippen LogP contribution in [0, 0.1) is 0 Å². The molecule has 0 aromatic heterocycles. The number of hydrogen-bond acceptors (Lipinski definition) is 8. The van der Waals surface area contributed by atoms with E-state index in [-0.39, 0.29) is 0 Å². The fourth-order valence-electron chi connectivity index (χ4n) is 1.64. The molecule has 0 aliphatic carbocycles. The molecule has 20 heavy (non-hydrogen) atoms. The lowest BCUT2D eigenvalue weighted by atomic mass is 9.97. The summed E-state index contributed by atoms with van der Waals surface area (Å²) in [7, 11) is -4.80. The summed E-state index contributed by atoms with van der Waals surface area (Å²) < 4.78 is 19.4. The van der Waals surface area contributed by atoms with Crippen LogP contribution in [0.3, 0.4) is 0 Å². The Bertz CT molecular complexity index is 385. The zero-order valence-corrected chi connectivity index (χ0v) is 11.0. The summed E-state index contributed by atoms with van der Waals surface area (Å²) in [5.41, 5.74) is 0. The lowest BCUT2D eigenvalue weighted by Crippen LogP contribution is -2.64. The second kappa shape index (κ2) is 6.89. The van der Waals surface area contributed by atoms with Crippen molar-refractivity contribution >= 4 is 13.7 Å². The number of carbonyl (C=O) groups excluding carboxylic acids is 1.